The molecule has 2 rings (SSSR count). The topological polar surface area (TPSA) is 92.3 Å². The van der Waals surface area contributed by atoms with Gasteiger partial charge in [-0.25, -0.2) is 8.42 Å². The van der Waals surface area contributed by atoms with E-state index in [9.17, 15) is 13.2 Å². The SMILES string of the molecule is Cc1cccc(N(CCCC(=O)Nc2nnc(SC(C)C)s2)S(C)(=O)=O)c1. The third-order valence-corrected chi connectivity index (χ3v) is 6.57. The number of aromatic nitrogens is 2. The number of sulfonamides is 1. The van der Waals surface area contributed by atoms with Crippen molar-refractivity contribution in [3.63, 3.8) is 0 Å². The number of hydrogen-bond donors (Lipinski definition) is 1. The van der Waals surface area contributed by atoms with Crippen LogP contribution in [0, 0.1) is 6.92 Å². The predicted molar refractivity (Wildman–Crippen MR) is 112 cm³/mol. The van der Waals surface area contributed by atoms with Crippen LogP contribution in [-0.2, 0) is 14.8 Å². The zero-order valence-electron chi connectivity index (χ0n) is 15.8. The number of nitrogens with one attached hydrogen (secondary N) is 1. The van der Waals surface area contributed by atoms with Gasteiger partial charge >= 0.3 is 0 Å². The van der Waals surface area contributed by atoms with Gasteiger partial charge in [0.1, 0.15) is 0 Å². The average molecular weight is 429 g/mol. The molecule has 27 heavy (non-hydrogen) atoms. The number of benzene rings is 1. The van der Waals surface area contributed by atoms with Crippen molar-refractivity contribution >= 4 is 49.8 Å². The highest BCUT2D eigenvalue weighted by Crippen LogP contribution is 2.28. The van der Waals surface area contributed by atoms with E-state index in [1.807, 2.05) is 25.1 Å². The van der Waals surface area contributed by atoms with Gasteiger partial charge in [0, 0.05) is 18.2 Å². The number of aryl methyl sites for hydroxylation is 1. The molecule has 7 nitrogen and oxygen atoms in total. The Morgan fingerprint density at radius 1 is 1.33 bits per heavy atom. The molecule has 0 aliphatic carbocycles. The minimum Gasteiger partial charge on any atom is -0.301 e. The van der Waals surface area contributed by atoms with E-state index in [1.54, 1.807) is 17.8 Å². The van der Waals surface area contributed by atoms with Crippen molar-refractivity contribution in [1.82, 2.24) is 10.2 Å². The fourth-order valence-corrected chi connectivity index (χ4v) is 5.29. The van der Waals surface area contributed by atoms with Crippen molar-refractivity contribution in [3.05, 3.63) is 29.8 Å². The molecule has 1 aromatic heterocycles. The summed E-state index contributed by atoms with van der Waals surface area (Å²) in [7, 11) is -3.42. The average Bonchev–Trinajstić information content (AvgIpc) is 2.96. The number of amides is 1. The highest BCUT2D eigenvalue weighted by molar-refractivity contribution is 8.01. The zero-order chi connectivity index (χ0) is 20.0. The molecular weight excluding hydrogens is 404 g/mol. The van der Waals surface area contributed by atoms with Crippen LogP contribution in [0.2, 0.25) is 0 Å². The van der Waals surface area contributed by atoms with Gasteiger partial charge in [-0.05, 0) is 31.0 Å². The summed E-state index contributed by atoms with van der Waals surface area (Å²) < 4.78 is 26.4. The first-order valence-electron chi connectivity index (χ1n) is 8.49. The summed E-state index contributed by atoms with van der Waals surface area (Å²) in [5, 5.41) is 11.6. The van der Waals surface area contributed by atoms with E-state index in [2.05, 4.69) is 29.4 Å². The summed E-state index contributed by atoms with van der Waals surface area (Å²) in [6.45, 7) is 6.27. The van der Waals surface area contributed by atoms with E-state index in [1.165, 1.54) is 21.9 Å². The Morgan fingerprint density at radius 3 is 2.70 bits per heavy atom. The molecular formula is C17H24N4O3S3. The number of carbonyl (C=O) groups is 1. The first-order chi connectivity index (χ1) is 12.6. The molecule has 0 aliphatic rings. The molecule has 0 bridgehead atoms. The lowest BCUT2D eigenvalue weighted by Gasteiger charge is -2.22. The fourth-order valence-electron chi connectivity index (χ4n) is 2.34. The monoisotopic (exact) mass is 428 g/mol. The van der Waals surface area contributed by atoms with E-state index in [0.717, 1.165) is 9.90 Å². The van der Waals surface area contributed by atoms with Crippen LogP contribution in [0.25, 0.3) is 0 Å². The Hall–Kier alpha value is -1.65. The van der Waals surface area contributed by atoms with Crippen molar-refractivity contribution in [2.75, 3.05) is 22.4 Å². The number of anilines is 2. The molecule has 0 fully saturated rings. The van der Waals surface area contributed by atoms with Crippen LogP contribution in [0.15, 0.2) is 28.6 Å². The number of rotatable bonds is 9. The molecule has 1 heterocycles. The summed E-state index contributed by atoms with van der Waals surface area (Å²) in [5.74, 6) is -0.204. The molecule has 0 aliphatic heterocycles. The lowest BCUT2D eigenvalue weighted by Crippen LogP contribution is -2.31. The Labute approximate surface area is 168 Å². The second-order valence-electron chi connectivity index (χ2n) is 6.37. The normalized spacial score (nSPS) is 11.6. The standard InChI is InChI=1S/C17H24N4O3S3/c1-12(2)25-17-20-19-16(26-17)18-15(22)9-6-10-21(27(4,23)24)14-8-5-7-13(3)11-14/h5,7-8,11-12H,6,9-10H2,1-4H3,(H,18,19,22). The van der Waals surface area contributed by atoms with Gasteiger partial charge in [0.25, 0.3) is 0 Å². The maximum atomic E-state index is 12.1. The van der Waals surface area contributed by atoms with Crippen molar-refractivity contribution < 1.29 is 13.2 Å². The van der Waals surface area contributed by atoms with Crippen molar-refractivity contribution in [2.24, 2.45) is 0 Å². The first kappa shape index (κ1) is 21.6. The molecule has 148 valence electrons. The molecule has 2 aromatic rings. The quantitative estimate of drug-likeness (QED) is 0.485. The van der Waals surface area contributed by atoms with Gasteiger partial charge in [-0.3, -0.25) is 9.10 Å². The van der Waals surface area contributed by atoms with E-state index < -0.39 is 10.0 Å². The predicted octanol–water partition coefficient (Wildman–Crippen LogP) is 3.53. The van der Waals surface area contributed by atoms with Crippen LogP contribution in [0.4, 0.5) is 10.8 Å². The first-order valence-corrected chi connectivity index (χ1v) is 12.0. The highest BCUT2D eigenvalue weighted by atomic mass is 32.2. The fraction of sp³-hybridized carbons (Fsp3) is 0.471. The van der Waals surface area contributed by atoms with Gasteiger partial charge in [-0.15, -0.1) is 10.2 Å². The Kier molecular flexibility index (Phi) is 7.63. The zero-order valence-corrected chi connectivity index (χ0v) is 18.2. The molecule has 10 heteroatoms. The number of nitrogens with zero attached hydrogens (tertiary/aromatic N) is 3. The van der Waals surface area contributed by atoms with Crippen LogP contribution in [0.1, 0.15) is 32.3 Å². The lowest BCUT2D eigenvalue weighted by atomic mass is 10.2. The van der Waals surface area contributed by atoms with Gasteiger partial charge in [-0.2, -0.15) is 0 Å². The second kappa shape index (κ2) is 9.52. The summed E-state index contributed by atoms with van der Waals surface area (Å²) >= 11 is 2.92. The van der Waals surface area contributed by atoms with E-state index in [4.69, 9.17) is 0 Å². The molecule has 0 saturated heterocycles. The van der Waals surface area contributed by atoms with Crippen LogP contribution in [0.5, 0.6) is 0 Å². The molecule has 0 spiro atoms. The van der Waals surface area contributed by atoms with Crippen LogP contribution >= 0.6 is 23.1 Å². The smallest absolute Gasteiger partial charge is 0.232 e. The van der Waals surface area contributed by atoms with Crippen LogP contribution in [0.3, 0.4) is 0 Å². The summed E-state index contributed by atoms with van der Waals surface area (Å²) in [6.07, 6.45) is 1.77. The van der Waals surface area contributed by atoms with Gasteiger partial charge < -0.3 is 5.32 Å². The molecule has 0 unspecified atom stereocenters. The summed E-state index contributed by atoms with van der Waals surface area (Å²) in [6, 6.07) is 7.29. The minimum absolute atomic E-state index is 0.198. The van der Waals surface area contributed by atoms with Crippen molar-refractivity contribution in [2.45, 2.75) is 43.2 Å². The molecule has 1 aromatic carbocycles. The van der Waals surface area contributed by atoms with Crippen molar-refractivity contribution in [3.8, 4) is 0 Å². The molecule has 1 N–H and O–H groups in total. The Bertz CT molecular complexity index is 881. The summed E-state index contributed by atoms with van der Waals surface area (Å²) in [5.41, 5.74) is 1.59. The number of hydrogen-bond acceptors (Lipinski definition) is 7. The molecule has 0 atom stereocenters. The van der Waals surface area contributed by atoms with Crippen molar-refractivity contribution in [1.29, 1.82) is 0 Å². The maximum Gasteiger partial charge on any atom is 0.232 e. The minimum atomic E-state index is -3.42. The van der Waals surface area contributed by atoms with Gasteiger partial charge in [0.15, 0.2) is 4.34 Å². The molecule has 0 saturated carbocycles. The van der Waals surface area contributed by atoms with E-state index in [-0.39, 0.29) is 18.9 Å². The van der Waals surface area contributed by atoms with Gasteiger partial charge in [0.2, 0.25) is 21.1 Å². The van der Waals surface area contributed by atoms with E-state index in [0.29, 0.717) is 22.5 Å². The summed E-state index contributed by atoms with van der Waals surface area (Å²) in [4.78, 5) is 12.1. The van der Waals surface area contributed by atoms with E-state index >= 15 is 0 Å². The number of thioether (sulfide) groups is 1. The third-order valence-electron chi connectivity index (χ3n) is 3.44. The Morgan fingerprint density at radius 2 is 2.07 bits per heavy atom. The largest absolute Gasteiger partial charge is 0.301 e. The van der Waals surface area contributed by atoms with Crippen LogP contribution in [-0.4, -0.2) is 42.6 Å². The maximum absolute atomic E-state index is 12.1. The van der Waals surface area contributed by atoms with Crippen LogP contribution < -0.4 is 9.62 Å². The lowest BCUT2D eigenvalue weighted by molar-refractivity contribution is -0.116. The van der Waals surface area contributed by atoms with Gasteiger partial charge in [-0.1, -0.05) is 49.1 Å². The molecule has 1 amide bonds. The highest BCUT2D eigenvalue weighted by Gasteiger charge is 2.18. The third kappa shape index (κ3) is 7.11. The Balaban J connectivity index is 1.90. The number of carbonyl (C=O) groups excluding carboxylic acids is 1. The van der Waals surface area contributed by atoms with Gasteiger partial charge in [0.05, 0.1) is 11.9 Å². The molecule has 0 radical (unpaired) electrons. The second-order valence-corrected chi connectivity index (χ2v) is 11.1.